The van der Waals surface area contributed by atoms with E-state index in [1.807, 2.05) is 0 Å². The molecular formula is C20H29NO2. The molecule has 1 atom stereocenters. The first kappa shape index (κ1) is 16.4. The number of hydrogen-bond acceptors (Lipinski definition) is 3. The maximum absolute atomic E-state index is 5.51. The summed E-state index contributed by atoms with van der Waals surface area (Å²) in [7, 11) is 3.43. The highest BCUT2D eigenvalue weighted by Crippen LogP contribution is 2.41. The van der Waals surface area contributed by atoms with Crippen LogP contribution >= 0.6 is 0 Å². The quantitative estimate of drug-likeness (QED) is 0.753. The van der Waals surface area contributed by atoms with E-state index in [0.717, 1.165) is 43.3 Å². The van der Waals surface area contributed by atoms with Crippen molar-refractivity contribution in [3.8, 4) is 11.5 Å². The van der Waals surface area contributed by atoms with Crippen LogP contribution in [0.15, 0.2) is 23.8 Å². The fourth-order valence-corrected chi connectivity index (χ4v) is 3.80. The van der Waals surface area contributed by atoms with E-state index in [0.29, 0.717) is 6.04 Å². The number of benzene rings is 1. The molecule has 0 amide bonds. The number of rotatable bonds is 5. The topological polar surface area (TPSA) is 21.7 Å². The average Bonchev–Trinajstić information content (AvgIpc) is 2.58. The van der Waals surface area contributed by atoms with Gasteiger partial charge in [-0.15, -0.1) is 0 Å². The Labute approximate surface area is 140 Å². The molecule has 2 heterocycles. The third kappa shape index (κ3) is 3.40. The third-order valence-corrected chi connectivity index (χ3v) is 5.19. The van der Waals surface area contributed by atoms with Crippen molar-refractivity contribution in [2.24, 2.45) is 5.92 Å². The van der Waals surface area contributed by atoms with E-state index in [2.05, 4.69) is 37.0 Å². The van der Waals surface area contributed by atoms with Gasteiger partial charge in [-0.05, 0) is 54.9 Å². The van der Waals surface area contributed by atoms with Gasteiger partial charge < -0.3 is 9.47 Å². The summed E-state index contributed by atoms with van der Waals surface area (Å²) in [6.07, 6.45) is 7.25. The monoisotopic (exact) mass is 315 g/mol. The molecule has 0 bridgehead atoms. The molecule has 0 aromatic heterocycles. The number of methoxy groups -OCH3 is 2. The summed E-state index contributed by atoms with van der Waals surface area (Å²) in [5, 5.41) is 0. The van der Waals surface area contributed by atoms with Crippen molar-refractivity contribution < 1.29 is 9.47 Å². The molecule has 2 aliphatic heterocycles. The Balaban J connectivity index is 1.82. The van der Waals surface area contributed by atoms with Gasteiger partial charge in [0.15, 0.2) is 11.5 Å². The number of nitrogens with zero attached hydrogens (tertiary/aromatic N) is 1. The third-order valence-electron chi connectivity index (χ3n) is 5.19. The maximum Gasteiger partial charge on any atom is 0.161 e. The van der Waals surface area contributed by atoms with Crippen molar-refractivity contribution >= 4 is 0 Å². The highest BCUT2D eigenvalue weighted by molar-refractivity contribution is 5.50. The minimum absolute atomic E-state index is 0.501. The van der Waals surface area contributed by atoms with Gasteiger partial charge in [-0.1, -0.05) is 25.5 Å². The number of fused-ring (bicyclic) bond motifs is 3. The van der Waals surface area contributed by atoms with Gasteiger partial charge in [0.05, 0.1) is 14.2 Å². The van der Waals surface area contributed by atoms with Gasteiger partial charge in [0.2, 0.25) is 0 Å². The van der Waals surface area contributed by atoms with Gasteiger partial charge in [-0.2, -0.15) is 0 Å². The van der Waals surface area contributed by atoms with Crippen LogP contribution < -0.4 is 9.47 Å². The summed E-state index contributed by atoms with van der Waals surface area (Å²) in [6.45, 7) is 6.89. The van der Waals surface area contributed by atoms with E-state index >= 15 is 0 Å². The second-order valence-electron chi connectivity index (χ2n) is 7.17. The van der Waals surface area contributed by atoms with Crippen molar-refractivity contribution in [2.75, 3.05) is 27.3 Å². The Kier molecular flexibility index (Phi) is 4.96. The Bertz CT molecular complexity index is 592. The van der Waals surface area contributed by atoms with Crippen LogP contribution in [0.25, 0.3) is 0 Å². The van der Waals surface area contributed by atoms with Crippen molar-refractivity contribution in [2.45, 2.75) is 45.6 Å². The maximum atomic E-state index is 5.51. The summed E-state index contributed by atoms with van der Waals surface area (Å²) < 4.78 is 11.0. The van der Waals surface area contributed by atoms with Gasteiger partial charge in [-0.3, -0.25) is 4.90 Å². The molecule has 3 nitrogen and oxygen atoms in total. The van der Waals surface area contributed by atoms with Gasteiger partial charge in [-0.25, -0.2) is 0 Å². The lowest BCUT2D eigenvalue weighted by Crippen LogP contribution is -2.38. The van der Waals surface area contributed by atoms with Gasteiger partial charge in [0.1, 0.15) is 0 Å². The van der Waals surface area contributed by atoms with Gasteiger partial charge >= 0.3 is 0 Å². The minimum atomic E-state index is 0.501. The SMILES string of the molecule is COc1cc2c(cc1OC)[C@H]1CC=C(CCC(C)C)CN1CC2. The van der Waals surface area contributed by atoms with Crippen molar-refractivity contribution in [3.63, 3.8) is 0 Å². The van der Waals surface area contributed by atoms with E-state index in [1.54, 1.807) is 19.8 Å². The first-order valence-corrected chi connectivity index (χ1v) is 8.79. The highest BCUT2D eigenvalue weighted by atomic mass is 16.5. The fourth-order valence-electron chi connectivity index (χ4n) is 3.80. The molecule has 0 N–H and O–H groups in total. The molecule has 0 saturated carbocycles. The molecule has 2 aliphatic rings. The molecule has 0 unspecified atom stereocenters. The highest BCUT2D eigenvalue weighted by Gasteiger charge is 2.31. The van der Waals surface area contributed by atoms with Crippen molar-refractivity contribution in [3.05, 3.63) is 34.9 Å². The average molecular weight is 315 g/mol. The van der Waals surface area contributed by atoms with E-state index in [-0.39, 0.29) is 0 Å². The first-order chi connectivity index (χ1) is 11.1. The Hall–Kier alpha value is -1.48. The molecule has 1 aromatic rings. The predicted octanol–water partition coefficient (Wildman–Crippen LogP) is 4.37. The summed E-state index contributed by atoms with van der Waals surface area (Å²) in [4.78, 5) is 2.64. The van der Waals surface area contributed by atoms with E-state index < -0.39 is 0 Å². The minimum Gasteiger partial charge on any atom is -0.493 e. The molecule has 0 fully saturated rings. The fraction of sp³-hybridized carbons (Fsp3) is 0.600. The van der Waals surface area contributed by atoms with Crippen LogP contribution in [-0.4, -0.2) is 32.2 Å². The molecule has 3 rings (SSSR count). The Morgan fingerprint density at radius 1 is 1.17 bits per heavy atom. The number of hydrogen-bond donors (Lipinski definition) is 0. The lowest BCUT2D eigenvalue weighted by molar-refractivity contribution is 0.188. The molecule has 0 saturated heterocycles. The lowest BCUT2D eigenvalue weighted by atomic mass is 9.86. The molecule has 0 aliphatic carbocycles. The van der Waals surface area contributed by atoms with Crippen LogP contribution in [0.1, 0.15) is 50.3 Å². The summed E-state index contributed by atoms with van der Waals surface area (Å²) in [5.41, 5.74) is 4.47. The standard InChI is InChI=1S/C20H29NO2/c1-14(2)5-6-15-7-8-18-17-12-20(23-4)19(22-3)11-16(17)9-10-21(18)13-15/h7,11-12,14,18H,5-6,8-10,13H2,1-4H3/t18-/m1/s1. The predicted molar refractivity (Wildman–Crippen MR) is 94.3 cm³/mol. The second-order valence-corrected chi connectivity index (χ2v) is 7.17. The van der Waals surface area contributed by atoms with E-state index in [9.17, 15) is 0 Å². The summed E-state index contributed by atoms with van der Waals surface area (Å²) >= 11 is 0. The Morgan fingerprint density at radius 3 is 2.61 bits per heavy atom. The zero-order chi connectivity index (χ0) is 16.4. The van der Waals surface area contributed by atoms with Crippen LogP contribution in [0.5, 0.6) is 11.5 Å². The summed E-state index contributed by atoms with van der Waals surface area (Å²) in [5.74, 6) is 2.48. The number of ether oxygens (including phenoxy) is 2. The largest absolute Gasteiger partial charge is 0.493 e. The van der Waals surface area contributed by atoms with Crippen LogP contribution in [0, 0.1) is 5.92 Å². The molecule has 0 spiro atoms. The smallest absolute Gasteiger partial charge is 0.161 e. The zero-order valence-electron chi connectivity index (χ0n) is 14.9. The molecule has 0 radical (unpaired) electrons. The summed E-state index contributed by atoms with van der Waals surface area (Å²) in [6, 6.07) is 4.86. The molecule has 126 valence electrons. The normalized spacial score (nSPS) is 20.7. The van der Waals surface area contributed by atoms with Crippen molar-refractivity contribution in [1.29, 1.82) is 0 Å². The Morgan fingerprint density at radius 2 is 1.91 bits per heavy atom. The molecule has 3 heteroatoms. The molecule has 1 aromatic carbocycles. The molecular weight excluding hydrogens is 286 g/mol. The van der Waals surface area contributed by atoms with Crippen LogP contribution in [-0.2, 0) is 6.42 Å². The first-order valence-electron chi connectivity index (χ1n) is 8.79. The van der Waals surface area contributed by atoms with Crippen LogP contribution in [0.4, 0.5) is 0 Å². The van der Waals surface area contributed by atoms with Gasteiger partial charge in [0, 0.05) is 19.1 Å². The van der Waals surface area contributed by atoms with Crippen LogP contribution in [0.3, 0.4) is 0 Å². The zero-order valence-corrected chi connectivity index (χ0v) is 14.9. The van der Waals surface area contributed by atoms with Gasteiger partial charge in [0.25, 0.3) is 0 Å². The van der Waals surface area contributed by atoms with E-state index in [1.165, 1.54) is 24.0 Å². The lowest BCUT2D eigenvalue weighted by Gasteiger charge is -2.40. The van der Waals surface area contributed by atoms with Crippen molar-refractivity contribution in [1.82, 2.24) is 4.90 Å². The van der Waals surface area contributed by atoms with Crippen LogP contribution in [0.2, 0.25) is 0 Å². The second kappa shape index (κ2) is 6.96. The van der Waals surface area contributed by atoms with E-state index in [4.69, 9.17) is 9.47 Å². The molecule has 23 heavy (non-hydrogen) atoms.